The van der Waals surface area contributed by atoms with Gasteiger partial charge in [-0.2, -0.15) is 0 Å². The first kappa shape index (κ1) is 35.5. The molecule has 3 aromatic rings. The van der Waals surface area contributed by atoms with E-state index in [0.717, 1.165) is 16.7 Å². The average molecular weight is 583 g/mol. The Hall–Kier alpha value is -4.53. The second-order valence-corrected chi connectivity index (χ2v) is 9.62. The van der Waals surface area contributed by atoms with Gasteiger partial charge in [-0.15, -0.1) is 0 Å². The van der Waals surface area contributed by atoms with Crippen LogP contribution in [0.25, 0.3) is 0 Å². The summed E-state index contributed by atoms with van der Waals surface area (Å²) in [5, 5.41) is 28.0. The van der Waals surface area contributed by atoms with Gasteiger partial charge in [0.05, 0.1) is 21.3 Å². The molecule has 0 aromatic heterocycles. The van der Waals surface area contributed by atoms with Crippen LogP contribution in [0.5, 0.6) is 34.5 Å². The van der Waals surface area contributed by atoms with Crippen LogP contribution in [0.1, 0.15) is 56.7 Å². The molecule has 0 aliphatic carbocycles. The zero-order valence-corrected chi connectivity index (χ0v) is 25.2. The summed E-state index contributed by atoms with van der Waals surface area (Å²) >= 11 is 0. The number of hydrogen-bond donors (Lipinski definition) is 3. The second kappa shape index (κ2) is 18.7. The molecule has 0 heterocycles. The van der Waals surface area contributed by atoms with Gasteiger partial charge in [-0.3, -0.25) is 0 Å². The molecule has 3 rings (SSSR count). The molecule has 9 heteroatoms. The monoisotopic (exact) mass is 582 g/mol. The SMILES string of the molecule is COc1cc(CCC(C)=O)ccc1O.COc1cc(CCC(C)=O)ccc1O.COc1cc(CCC(C)=O)ccc1O. The fourth-order valence-electron chi connectivity index (χ4n) is 3.59. The maximum atomic E-state index is 10.8. The third-order valence-corrected chi connectivity index (χ3v) is 6.03. The lowest BCUT2D eigenvalue weighted by Gasteiger charge is -2.05. The Morgan fingerprint density at radius 3 is 0.929 bits per heavy atom. The fourth-order valence-corrected chi connectivity index (χ4v) is 3.59. The quantitative estimate of drug-likeness (QED) is 0.243. The Morgan fingerprint density at radius 2 is 0.738 bits per heavy atom. The minimum absolute atomic E-state index is 0.124. The summed E-state index contributed by atoms with van der Waals surface area (Å²) in [6.45, 7) is 4.70. The van der Waals surface area contributed by atoms with Crippen molar-refractivity contribution in [2.24, 2.45) is 0 Å². The minimum atomic E-state index is 0.124. The summed E-state index contributed by atoms with van der Waals surface area (Å²) in [6.07, 6.45) is 3.62. The third-order valence-electron chi connectivity index (χ3n) is 6.03. The number of phenols is 3. The zero-order chi connectivity index (χ0) is 31.7. The van der Waals surface area contributed by atoms with Gasteiger partial charge in [-0.25, -0.2) is 0 Å². The normalized spacial score (nSPS) is 9.86. The van der Waals surface area contributed by atoms with Crippen LogP contribution in [0.4, 0.5) is 0 Å². The summed E-state index contributed by atoms with van der Waals surface area (Å²) in [4.78, 5) is 32.3. The predicted molar refractivity (Wildman–Crippen MR) is 161 cm³/mol. The van der Waals surface area contributed by atoms with Gasteiger partial charge in [0.1, 0.15) is 17.3 Å². The Morgan fingerprint density at radius 1 is 0.500 bits per heavy atom. The largest absolute Gasteiger partial charge is 0.504 e. The maximum Gasteiger partial charge on any atom is 0.160 e. The molecule has 228 valence electrons. The van der Waals surface area contributed by atoms with Crippen molar-refractivity contribution >= 4 is 17.3 Å². The predicted octanol–water partition coefficient (Wildman–Crippen LogP) is 5.77. The highest BCUT2D eigenvalue weighted by Gasteiger charge is 2.05. The lowest BCUT2D eigenvalue weighted by molar-refractivity contribution is -0.117. The van der Waals surface area contributed by atoms with E-state index in [4.69, 9.17) is 14.2 Å². The van der Waals surface area contributed by atoms with Gasteiger partial charge in [0.2, 0.25) is 0 Å². The summed E-state index contributed by atoms with van der Waals surface area (Å²) < 4.78 is 14.9. The summed E-state index contributed by atoms with van der Waals surface area (Å²) in [7, 11) is 4.51. The van der Waals surface area contributed by atoms with Crippen LogP contribution >= 0.6 is 0 Å². The molecule has 3 N–H and O–H groups in total. The van der Waals surface area contributed by atoms with E-state index in [1.165, 1.54) is 21.3 Å². The van der Waals surface area contributed by atoms with Crippen molar-refractivity contribution in [1.82, 2.24) is 0 Å². The highest BCUT2D eigenvalue weighted by molar-refractivity contribution is 5.76. The lowest BCUT2D eigenvalue weighted by Crippen LogP contribution is -1.94. The van der Waals surface area contributed by atoms with Crippen molar-refractivity contribution in [2.45, 2.75) is 59.3 Å². The number of ketones is 3. The molecule has 3 aromatic carbocycles. The van der Waals surface area contributed by atoms with E-state index in [9.17, 15) is 29.7 Å². The fraction of sp³-hybridized carbons (Fsp3) is 0.364. The van der Waals surface area contributed by atoms with Crippen LogP contribution in [-0.4, -0.2) is 54.0 Å². The van der Waals surface area contributed by atoms with Gasteiger partial charge >= 0.3 is 0 Å². The van der Waals surface area contributed by atoms with Crippen LogP contribution in [0.3, 0.4) is 0 Å². The number of Topliss-reactive ketones (excluding diaryl/α,β-unsaturated/α-hetero) is 3. The molecule has 0 bridgehead atoms. The Balaban J connectivity index is 0.000000315. The molecule has 0 aliphatic heterocycles. The second-order valence-electron chi connectivity index (χ2n) is 9.62. The number of aromatic hydroxyl groups is 3. The zero-order valence-electron chi connectivity index (χ0n) is 25.2. The van der Waals surface area contributed by atoms with E-state index >= 15 is 0 Å². The number of benzene rings is 3. The molecule has 0 amide bonds. The standard InChI is InChI=1S/3C11H14O3/c3*1-8(12)3-4-9-5-6-10(13)11(7-9)14-2/h3*5-7,13H,3-4H2,1-2H3. The van der Waals surface area contributed by atoms with Crippen LogP contribution in [0.2, 0.25) is 0 Å². The summed E-state index contributed by atoms with van der Waals surface area (Å²) in [6, 6.07) is 15.4. The molecular formula is C33H42O9. The molecule has 0 saturated carbocycles. The average Bonchev–Trinajstić information content (AvgIpc) is 2.96. The first-order valence-corrected chi connectivity index (χ1v) is 13.5. The molecular weight excluding hydrogens is 540 g/mol. The van der Waals surface area contributed by atoms with Gasteiger partial charge in [0, 0.05) is 19.3 Å². The van der Waals surface area contributed by atoms with Crippen molar-refractivity contribution in [2.75, 3.05) is 21.3 Å². The van der Waals surface area contributed by atoms with Crippen molar-refractivity contribution in [1.29, 1.82) is 0 Å². The Bertz CT molecular complexity index is 1150. The Kier molecular flexibility index (Phi) is 15.8. The van der Waals surface area contributed by atoms with E-state index in [2.05, 4.69) is 0 Å². The van der Waals surface area contributed by atoms with Crippen LogP contribution < -0.4 is 14.2 Å². The number of carbonyl (C=O) groups excluding carboxylic acids is 3. The van der Waals surface area contributed by atoms with E-state index in [0.29, 0.717) is 55.8 Å². The minimum Gasteiger partial charge on any atom is -0.504 e. The maximum absolute atomic E-state index is 10.8. The highest BCUT2D eigenvalue weighted by atomic mass is 16.5. The Labute approximate surface area is 247 Å². The number of aryl methyl sites for hydroxylation is 3. The van der Waals surface area contributed by atoms with Gasteiger partial charge in [0.25, 0.3) is 0 Å². The van der Waals surface area contributed by atoms with Crippen LogP contribution in [0, 0.1) is 0 Å². The number of hydrogen-bond acceptors (Lipinski definition) is 9. The molecule has 42 heavy (non-hydrogen) atoms. The van der Waals surface area contributed by atoms with Crippen molar-refractivity contribution in [3.8, 4) is 34.5 Å². The molecule has 0 saturated heterocycles. The summed E-state index contributed by atoms with van der Waals surface area (Å²) in [5.41, 5.74) is 2.99. The summed E-state index contributed by atoms with van der Waals surface area (Å²) in [5.74, 6) is 2.21. The lowest BCUT2D eigenvalue weighted by atomic mass is 10.1. The van der Waals surface area contributed by atoms with Gasteiger partial charge in [0.15, 0.2) is 34.5 Å². The van der Waals surface area contributed by atoms with E-state index in [-0.39, 0.29) is 34.6 Å². The smallest absolute Gasteiger partial charge is 0.160 e. The van der Waals surface area contributed by atoms with E-state index < -0.39 is 0 Å². The number of carbonyl (C=O) groups is 3. The molecule has 0 unspecified atom stereocenters. The first-order chi connectivity index (χ1) is 19.9. The van der Waals surface area contributed by atoms with Crippen molar-refractivity contribution in [3.63, 3.8) is 0 Å². The topological polar surface area (TPSA) is 140 Å². The van der Waals surface area contributed by atoms with Gasteiger partial charge in [-0.1, -0.05) is 18.2 Å². The molecule has 0 spiro atoms. The molecule has 0 aliphatic rings. The van der Waals surface area contributed by atoms with E-state index in [1.807, 2.05) is 0 Å². The van der Waals surface area contributed by atoms with Crippen LogP contribution in [0.15, 0.2) is 54.6 Å². The number of ether oxygens (including phenoxy) is 3. The third kappa shape index (κ3) is 13.7. The molecule has 0 fully saturated rings. The molecule has 9 nitrogen and oxygen atoms in total. The number of methoxy groups -OCH3 is 3. The van der Waals surface area contributed by atoms with Crippen molar-refractivity contribution < 1.29 is 43.9 Å². The number of rotatable bonds is 12. The highest BCUT2D eigenvalue weighted by Crippen LogP contribution is 2.28. The van der Waals surface area contributed by atoms with Crippen molar-refractivity contribution in [3.05, 3.63) is 71.3 Å². The molecule has 0 atom stereocenters. The van der Waals surface area contributed by atoms with Gasteiger partial charge < -0.3 is 43.9 Å². The van der Waals surface area contributed by atoms with E-state index in [1.54, 1.807) is 75.4 Å². The number of phenolic OH excluding ortho intramolecular Hbond substituents is 3. The van der Waals surface area contributed by atoms with Crippen LogP contribution in [-0.2, 0) is 33.6 Å². The first-order valence-electron chi connectivity index (χ1n) is 13.5. The van der Waals surface area contributed by atoms with Gasteiger partial charge in [-0.05, 0) is 93.1 Å². The molecule has 0 radical (unpaired) electrons.